The molecule has 0 aromatic rings. The molecule has 0 radical (unpaired) electrons. The molecule has 0 atom stereocenters. The Morgan fingerprint density at radius 3 is 1.75 bits per heavy atom. The molecule has 1 nitrogen and oxygen atoms in total. The van der Waals surface area contributed by atoms with Crippen LogP contribution in [0.4, 0.5) is 1.92 Å². The topological polar surface area (TPSA) is 17.1 Å². The van der Waals surface area contributed by atoms with Crippen LogP contribution in [0.1, 0.15) is 0 Å². The Hall–Kier alpha value is 1.37. The molecule has 0 N–H and O–H groups in total. The van der Waals surface area contributed by atoms with Crippen LogP contribution in [0.25, 0.3) is 0 Å². The average molecular weight is 154 g/mol. The molecular formula is H3AlFOY. The summed E-state index contributed by atoms with van der Waals surface area (Å²) in [5.74, 6) is 0. The van der Waals surface area contributed by atoms with E-state index in [1.54, 1.807) is 0 Å². The molecule has 4 heteroatoms. The molecule has 4 heavy (non-hydrogen) atoms. The Balaban J connectivity index is 0. The van der Waals surface area contributed by atoms with E-state index in [1.165, 1.54) is 0 Å². The molecule has 0 aromatic heterocycles. The van der Waals surface area contributed by atoms with Gasteiger partial charge in [0.25, 0.3) is 0 Å². The van der Waals surface area contributed by atoms with E-state index in [-0.39, 0.29) is 17.4 Å². The van der Waals surface area contributed by atoms with Crippen LogP contribution >= 0.6 is 0 Å². The van der Waals surface area contributed by atoms with E-state index in [9.17, 15) is 1.92 Å². The van der Waals surface area contributed by atoms with E-state index in [1.807, 2.05) is 0 Å². The summed E-state index contributed by atoms with van der Waals surface area (Å²) < 4.78 is 18.4. The normalized spacial score (nSPS) is 2.25. The van der Waals surface area contributed by atoms with Crippen molar-refractivity contribution in [2.45, 2.75) is 0 Å². The van der Waals surface area contributed by atoms with Gasteiger partial charge in [0.15, 0.2) is 17.4 Å². The molecule has 0 aliphatic heterocycles. The van der Waals surface area contributed by atoms with E-state index in [0.29, 0.717) is 0 Å². The molecule has 0 aromatic carbocycles. The second-order valence-electron chi connectivity index (χ2n) is 0.0891. The fraction of sp³-hybridized carbons (Fsp3) is 0. The Morgan fingerprint density at radius 2 is 1.75 bits per heavy atom. The van der Waals surface area contributed by atoms with Crippen LogP contribution in [0.15, 0.2) is 0 Å². The first kappa shape index (κ1) is 9.03. The Bertz CT molecular complexity index is 15.5. The van der Waals surface area contributed by atoms with Gasteiger partial charge in [0.2, 0.25) is 0 Å². The maximum absolute atomic E-state index is 9.93. The van der Waals surface area contributed by atoms with Crippen molar-refractivity contribution in [1.82, 2.24) is 0 Å². The van der Waals surface area contributed by atoms with Crippen molar-refractivity contribution >= 4 is 17.4 Å². The first-order valence-electron chi connectivity index (χ1n) is 0.454. The van der Waals surface area contributed by atoms with Gasteiger partial charge in [-0.1, -0.05) is 0 Å². The van der Waals surface area contributed by atoms with E-state index < -0.39 is 30.0 Å². The predicted octanol–water partition coefficient (Wildman–Crippen LogP) is -0.885. The van der Waals surface area contributed by atoms with E-state index in [4.69, 9.17) is 2.04 Å². The summed E-state index contributed by atoms with van der Waals surface area (Å²) in [5, 5.41) is 0. The fourth-order valence-electron chi connectivity index (χ4n) is 0. The second kappa shape index (κ2) is 8.84. The van der Waals surface area contributed by atoms with E-state index >= 15 is 0 Å². The molecule has 0 saturated heterocycles. The number of hydrogen-bond donors (Lipinski definition) is 0. The molecule has 0 fully saturated rings. The monoisotopic (exact) mass is 154 g/mol. The van der Waals surface area contributed by atoms with Gasteiger partial charge in [-0.3, -0.25) is 0 Å². The quantitative estimate of drug-likeness (QED) is 0.414. The van der Waals surface area contributed by atoms with Gasteiger partial charge in [0.05, 0.1) is 0 Å². The van der Waals surface area contributed by atoms with Crippen molar-refractivity contribution in [3.8, 4) is 0 Å². The van der Waals surface area contributed by atoms with Gasteiger partial charge < -0.3 is 0 Å². The summed E-state index contributed by atoms with van der Waals surface area (Å²) >= 11 is -2.64. The van der Waals surface area contributed by atoms with Crippen LogP contribution in [0.3, 0.4) is 0 Å². The van der Waals surface area contributed by atoms with Crippen LogP contribution in [0.2, 0.25) is 0 Å². The Kier molecular flexibility index (Phi) is 19.9. The minimum absolute atomic E-state index is 0. The van der Waals surface area contributed by atoms with Crippen LogP contribution in [-0.2, 0) is 32.0 Å². The zero-order valence-corrected chi connectivity index (χ0v) is 4.20. The van der Waals surface area contributed by atoms with Crippen molar-refractivity contribution in [2.24, 2.45) is 0 Å². The first-order chi connectivity index (χ1) is 1.41. The Labute approximate surface area is 50.9 Å². The van der Waals surface area contributed by atoms with Gasteiger partial charge in [-0.05, 0) is 0 Å². The summed E-state index contributed by atoms with van der Waals surface area (Å²) in [7, 11) is 0. The standard InChI is InChI=1S/Al.FH.O.Y.3H/h;1H;;;;;/q;;;+1;;;/p-1. The molecule has 0 aliphatic carbocycles. The molecule has 0 amide bonds. The summed E-state index contributed by atoms with van der Waals surface area (Å²) in [4.78, 5) is 0. The minimum atomic E-state index is -2.64. The molecule has 0 bridgehead atoms. The van der Waals surface area contributed by atoms with Crippen molar-refractivity contribution in [1.29, 1.82) is 0 Å². The fourth-order valence-corrected chi connectivity index (χ4v) is 0. The summed E-state index contributed by atoms with van der Waals surface area (Å²) in [6.45, 7) is 0. The van der Waals surface area contributed by atoms with Gasteiger partial charge in [-0.25, -0.2) is 0 Å². The first-order valence-corrected chi connectivity index (χ1v) is 2.69. The molecule has 0 heterocycles. The molecule has 0 spiro atoms. The van der Waals surface area contributed by atoms with Crippen LogP contribution < -0.4 is 0 Å². The van der Waals surface area contributed by atoms with Crippen LogP contribution in [0, 0.1) is 0 Å². The van der Waals surface area contributed by atoms with Gasteiger partial charge >= 0.3 is 33.9 Å². The predicted molar refractivity (Wildman–Crippen MR) is 11.7 cm³/mol. The van der Waals surface area contributed by atoms with Crippen molar-refractivity contribution < 1.29 is 33.9 Å². The molecule has 0 aliphatic rings. The summed E-state index contributed by atoms with van der Waals surface area (Å²) in [6, 6.07) is 0. The third-order valence-electron chi connectivity index (χ3n) is 0. The van der Waals surface area contributed by atoms with Crippen LogP contribution in [-0.4, -0.2) is 17.4 Å². The van der Waals surface area contributed by atoms with E-state index in [2.05, 4.69) is 0 Å². The zero-order valence-electron chi connectivity index (χ0n) is 1.36. The van der Waals surface area contributed by atoms with Gasteiger partial charge in [-0.15, -0.1) is 0 Å². The van der Waals surface area contributed by atoms with Crippen molar-refractivity contribution in [3.05, 3.63) is 0 Å². The molecular weight excluding hydrogens is 151 g/mol. The second-order valence-corrected chi connectivity index (χ2v) is 0.527. The van der Waals surface area contributed by atoms with E-state index in [0.717, 1.165) is 0 Å². The average Bonchev–Trinajstić information content (AvgIpc) is 0.918. The van der Waals surface area contributed by atoms with Gasteiger partial charge in [0.1, 0.15) is 0 Å². The number of halogens is 1. The third-order valence-corrected chi connectivity index (χ3v) is 0. The summed E-state index contributed by atoms with van der Waals surface area (Å²) in [5.41, 5.74) is 0. The van der Waals surface area contributed by atoms with Crippen molar-refractivity contribution in [3.63, 3.8) is 0 Å². The van der Waals surface area contributed by atoms with Crippen molar-refractivity contribution in [2.75, 3.05) is 0 Å². The number of rotatable bonds is 0. The Morgan fingerprint density at radius 1 is 1.75 bits per heavy atom. The molecule has 0 saturated carbocycles. The summed E-state index contributed by atoms with van der Waals surface area (Å²) in [6.07, 6.45) is 0. The van der Waals surface area contributed by atoms with Crippen LogP contribution in [0.5, 0.6) is 0 Å². The SMILES string of the molecule is [AlH3].[O]=[Y][F]. The molecule has 0 rings (SSSR count). The molecule has 0 unspecified atom stereocenters. The van der Waals surface area contributed by atoms with Gasteiger partial charge in [-0.2, -0.15) is 0 Å². The third kappa shape index (κ3) is 10.1. The molecule has 22 valence electrons. The van der Waals surface area contributed by atoms with Gasteiger partial charge in [0, 0.05) is 0 Å². The number of hydrogen-bond acceptors (Lipinski definition) is 1. The zero-order chi connectivity index (χ0) is 2.71. The maximum atomic E-state index is 9.93.